The third-order valence-corrected chi connectivity index (χ3v) is 3.93. The summed E-state index contributed by atoms with van der Waals surface area (Å²) in [6, 6.07) is 4.15. The first-order valence-electron chi connectivity index (χ1n) is 7.46. The van der Waals surface area contributed by atoms with Crippen molar-refractivity contribution in [1.82, 2.24) is 4.90 Å². The molecule has 2 rings (SSSR count). The summed E-state index contributed by atoms with van der Waals surface area (Å²) in [5.74, 6) is -0.0429. The third-order valence-electron chi connectivity index (χ3n) is 3.93. The Balaban J connectivity index is 1.92. The Morgan fingerprint density at radius 1 is 1.25 bits per heavy atom. The molecular weight excluding hydrogens is 327 g/mol. The number of carbonyl (C=O) groups is 1. The molecule has 1 aliphatic rings. The fourth-order valence-corrected chi connectivity index (χ4v) is 2.67. The number of likely N-dealkylation sites (tertiary alicyclic amines) is 1. The number of amides is 1. The van der Waals surface area contributed by atoms with Gasteiger partial charge in [-0.3, -0.25) is 4.79 Å². The number of hydrogen-bond acceptors (Lipinski definition) is 4. The Kier molecular flexibility index (Phi) is 6.06. The maximum atomic E-state index is 12.5. The number of rotatable bonds is 6. The molecule has 0 bridgehead atoms. The van der Waals surface area contributed by atoms with Crippen LogP contribution in [0.3, 0.4) is 0 Å². The predicted octanol–water partition coefficient (Wildman–Crippen LogP) is 2.35. The van der Waals surface area contributed by atoms with Crippen molar-refractivity contribution in [2.24, 2.45) is 0 Å². The smallest absolute Gasteiger partial charge is 0.416 e. The first-order chi connectivity index (χ1) is 11.3. The first-order valence-corrected chi connectivity index (χ1v) is 7.46. The van der Waals surface area contributed by atoms with E-state index < -0.39 is 11.7 Å². The molecular formula is C16H20F3NO4. The van der Waals surface area contributed by atoms with E-state index in [1.165, 1.54) is 12.1 Å². The molecule has 0 unspecified atom stereocenters. The summed E-state index contributed by atoms with van der Waals surface area (Å²) in [4.78, 5) is 13.9. The van der Waals surface area contributed by atoms with Crippen LogP contribution in [0.15, 0.2) is 24.3 Å². The zero-order chi connectivity index (χ0) is 17.7. The van der Waals surface area contributed by atoms with Gasteiger partial charge in [0.15, 0.2) is 6.61 Å². The number of alkyl halides is 3. The number of nitrogens with zero attached hydrogens (tertiary/aromatic N) is 1. The average molecular weight is 347 g/mol. The quantitative estimate of drug-likeness (QED) is 0.793. The van der Waals surface area contributed by atoms with E-state index in [1.807, 2.05) is 0 Å². The highest BCUT2D eigenvalue weighted by Crippen LogP contribution is 2.30. The second-order valence-electron chi connectivity index (χ2n) is 5.56. The third kappa shape index (κ3) is 4.61. The Bertz CT molecular complexity index is 547. The molecule has 0 radical (unpaired) electrons. The minimum atomic E-state index is -4.40. The highest BCUT2D eigenvalue weighted by atomic mass is 19.4. The first kappa shape index (κ1) is 18.5. The van der Waals surface area contributed by atoms with Crippen molar-refractivity contribution < 1.29 is 32.2 Å². The number of benzene rings is 1. The lowest BCUT2D eigenvalue weighted by atomic mass is 10.2. The van der Waals surface area contributed by atoms with Gasteiger partial charge in [0.05, 0.1) is 24.3 Å². The van der Waals surface area contributed by atoms with Gasteiger partial charge in [-0.25, -0.2) is 0 Å². The van der Waals surface area contributed by atoms with Gasteiger partial charge in [-0.15, -0.1) is 0 Å². The van der Waals surface area contributed by atoms with Gasteiger partial charge in [0, 0.05) is 20.8 Å². The Hall–Kier alpha value is -1.80. The standard InChI is InChI=1S/C16H20F3NO4/c1-22-9-12-7-14(23-2)8-20(12)15(21)10-24-13-5-3-11(4-6-13)16(17,18)19/h3-6,12,14H,7-10H2,1-2H3/t12-,14-/m0/s1. The van der Waals surface area contributed by atoms with Crippen LogP contribution in [0, 0.1) is 0 Å². The highest BCUT2D eigenvalue weighted by molar-refractivity contribution is 5.78. The Morgan fingerprint density at radius 3 is 2.46 bits per heavy atom. The van der Waals surface area contributed by atoms with Crippen LogP contribution in [0.5, 0.6) is 5.75 Å². The number of halogens is 3. The molecule has 1 heterocycles. The molecule has 0 N–H and O–H groups in total. The van der Waals surface area contributed by atoms with E-state index in [2.05, 4.69) is 0 Å². The summed E-state index contributed by atoms with van der Waals surface area (Å²) in [5.41, 5.74) is -0.760. The van der Waals surface area contributed by atoms with Crippen molar-refractivity contribution in [3.8, 4) is 5.75 Å². The zero-order valence-electron chi connectivity index (χ0n) is 13.5. The van der Waals surface area contributed by atoms with E-state index in [1.54, 1.807) is 19.1 Å². The summed E-state index contributed by atoms with van der Waals surface area (Å²) in [7, 11) is 3.14. The maximum absolute atomic E-state index is 12.5. The molecule has 1 aromatic carbocycles. The summed E-state index contributed by atoms with van der Waals surface area (Å²) >= 11 is 0. The zero-order valence-corrected chi connectivity index (χ0v) is 13.5. The van der Waals surface area contributed by atoms with Gasteiger partial charge in [0.2, 0.25) is 0 Å². The maximum Gasteiger partial charge on any atom is 0.416 e. The van der Waals surface area contributed by atoms with Gasteiger partial charge < -0.3 is 19.1 Å². The van der Waals surface area contributed by atoms with Crippen LogP contribution < -0.4 is 4.74 Å². The molecule has 24 heavy (non-hydrogen) atoms. The molecule has 8 heteroatoms. The summed E-state index contributed by atoms with van der Waals surface area (Å²) < 4.78 is 53.2. The van der Waals surface area contributed by atoms with Crippen molar-refractivity contribution in [2.45, 2.75) is 24.7 Å². The highest BCUT2D eigenvalue weighted by Gasteiger charge is 2.35. The fourth-order valence-electron chi connectivity index (χ4n) is 2.67. The van der Waals surface area contributed by atoms with Gasteiger partial charge >= 0.3 is 6.18 Å². The molecule has 134 valence electrons. The molecule has 1 aliphatic heterocycles. The van der Waals surface area contributed by atoms with E-state index in [0.29, 0.717) is 19.6 Å². The van der Waals surface area contributed by atoms with Crippen molar-refractivity contribution in [1.29, 1.82) is 0 Å². The van der Waals surface area contributed by atoms with E-state index in [-0.39, 0.29) is 30.4 Å². The molecule has 0 aromatic heterocycles. The molecule has 0 aliphatic carbocycles. The van der Waals surface area contributed by atoms with Gasteiger partial charge in [0.1, 0.15) is 5.75 Å². The SMILES string of the molecule is COC[C@@H]1C[C@H](OC)CN1C(=O)COc1ccc(C(F)(F)F)cc1. The number of methoxy groups -OCH3 is 2. The van der Waals surface area contributed by atoms with E-state index in [0.717, 1.165) is 12.1 Å². The second kappa shape index (κ2) is 7.85. The topological polar surface area (TPSA) is 48.0 Å². The normalized spacial score (nSPS) is 21.1. The van der Waals surface area contributed by atoms with Crippen molar-refractivity contribution in [3.05, 3.63) is 29.8 Å². The largest absolute Gasteiger partial charge is 0.484 e. The number of hydrogen-bond donors (Lipinski definition) is 0. The lowest BCUT2D eigenvalue weighted by molar-refractivity contribution is -0.138. The van der Waals surface area contributed by atoms with Crippen LogP contribution in [0.25, 0.3) is 0 Å². The minimum Gasteiger partial charge on any atom is -0.484 e. The van der Waals surface area contributed by atoms with E-state index >= 15 is 0 Å². The molecule has 0 saturated carbocycles. The number of ether oxygens (including phenoxy) is 3. The van der Waals surface area contributed by atoms with Crippen molar-refractivity contribution in [3.63, 3.8) is 0 Å². The summed E-state index contributed by atoms with van der Waals surface area (Å²) in [6.45, 7) is 0.591. The van der Waals surface area contributed by atoms with E-state index in [4.69, 9.17) is 14.2 Å². The minimum absolute atomic E-state index is 0.0554. The average Bonchev–Trinajstić information content (AvgIpc) is 2.96. The van der Waals surface area contributed by atoms with Crippen molar-refractivity contribution in [2.75, 3.05) is 34.0 Å². The molecule has 5 nitrogen and oxygen atoms in total. The number of carbonyl (C=O) groups excluding carboxylic acids is 1. The van der Waals surface area contributed by atoms with Crippen molar-refractivity contribution >= 4 is 5.91 Å². The predicted molar refractivity (Wildman–Crippen MR) is 79.7 cm³/mol. The lowest BCUT2D eigenvalue weighted by Crippen LogP contribution is -2.41. The van der Waals surface area contributed by atoms with Gasteiger partial charge in [0.25, 0.3) is 5.91 Å². The molecule has 1 saturated heterocycles. The van der Waals surface area contributed by atoms with Gasteiger partial charge in [-0.05, 0) is 30.7 Å². The van der Waals surface area contributed by atoms with Gasteiger partial charge in [-0.2, -0.15) is 13.2 Å². The molecule has 0 spiro atoms. The van der Waals surface area contributed by atoms with Crippen LogP contribution in [0.1, 0.15) is 12.0 Å². The molecule has 1 aromatic rings. The summed E-state index contributed by atoms with van der Waals surface area (Å²) in [6.07, 6.45) is -3.77. The summed E-state index contributed by atoms with van der Waals surface area (Å²) in [5, 5.41) is 0. The fraction of sp³-hybridized carbons (Fsp3) is 0.562. The van der Waals surface area contributed by atoms with Crippen LogP contribution in [-0.2, 0) is 20.4 Å². The van der Waals surface area contributed by atoms with Crippen LogP contribution >= 0.6 is 0 Å². The second-order valence-corrected chi connectivity index (χ2v) is 5.56. The molecule has 1 fully saturated rings. The van der Waals surface area contributed by atoms with Crippen LogP contribution in [-0.4, -0.2) is 56.9 Å². The van der Waals surface area contributed by atoms with E-state index in [9.17, 15) is 18.0 Å². The Labute approximate surface area is 138 Å². The molecule has 2 atom stereocenters. The monoisotopic (exact) mass is 347 g/mol. The van der Waals surface area contributed by atoms with Gasteiger partial charge in [-0.1, -0.05) is 0 Å². The van der Waals surface area contributed by atoms with Crippen LogP contribution in [0.2, 0.25) is 0 Å². The lowest BCUT2D eigenvalue weighted by Gasteiger charge is -2.23. The Morgan fingerprint density at radius 2 is 1.92 bits per heavy atom. The van der Waals surface area contributed by atoms with Crippen LogP contribution in [0.4, 0.5) is 13.2 Å². The molecule has 1 amide bonds.